The molecule has 1 aromatic carbocycles. The number of carbonyl (C=O) groups is 3. The van der Waals surface area contributed by atoms with Crippen molar-refractivity contribution in [1.82, 2.24) is 0 Å². The van der Waals surface area contributed by atoms with Gasteiger partial charge in [-0.15, -0.1) is 0 Å². The van der Waals surface area contributed by atoms with Gasteiger partial charge >= 0.3 is 17.9 Å². The molecule has 0 radical (unpaired) electrons. The van der Waals surface area contributed by atoms with Crippen molar-refractivity contribution in [3.63, 3.8) is 0 Å². The minimum Gasteiger partial charge on any atom is -0.504 e. The maximum absolute atomic E-state index is 13.3. The van der Waals surface area contributed by atoms with Crippen LogP contribution in [0.2, 0.25) is 0 Å². The number of benzene rings is 1. The van der Waals surface area contributed by atoms with Crippen LogP contribution in [0.3, 0.4) is 0 Å². The third-order valence-corrected chi connectivity index (χ3v) is 10.1. The second-order valence-electron chi connectivity index (χ2n) is 13.6. The van der Waals surface area contributed by atoms with Gasteiger partial charge in [0, 0.05) is 12.0 Å². The average molecular weight is 795 g/mol. The molecular formula is C36H42O20. The van der Waals surface area contributed by atoms with Crippen LogP contribution < -0.4 is 4.74 Å². The van der Waals surface area contributed by atoms with Crippen LogP contribution >= 0.6 is 0 Å². The van der Waals surface area contributed by atoms with Crippen molar-refractivity contribution in [3.05, 3.63) is 65.5 Å². The van der Waals surface area contributed by atoms with Crippen LogP contribution in [0.4, 0.5) is 0 Å². The fourth-order valence-corrected chi connectivity index (χ4v) is 7.03. The number of carbonyl (C=O) groups excluding carboxylic acids is 3. The number of esters is 3. The van der Waals surface area contributed by atoms with Crippen molar-refractivity contribution in [2.24, 2.45) is 11.8 Å². The summed E-state index contributed by atoms with van der Waals surface area (Å²) < 4.78 is 44.0. The van der Waals surface area contributed by atoms with Gasteiger partial charge in [-0.25, -0.2) is 14.4 Å². The number of ether oxygens (including phenoxy) is 8. The van der Waals surface area contributed by atoms with Gasteiger partial charge in [0.05, 0.1) is 43.6 Å². The molecule has 15 atom stereocenters. The van der Waals surface area contributed by atoms with E-state index in [2.05, 4.69) is 0 Å². The second-order valence-corrected chi connectivity index (χ2v) is 13.6. The smallest absolute Gasteiger partial charge is 0.338 e. The Balaban J connectivity index is 1.14. The molecule has 5 aliphatic rings. The fourth-order valence-electron chi connectivity index (χ4n) is 7.03. The van der Waals surface area contributed by atoms with Crippen LogP contribution in [0.15, 0.2) is 59.9 Å². The maximum atomic E-state index is 13.3. The average Bonchev–Trinajstić information content (AvgIpc) is 3.73. The quantitative estimate of drug-likeness (QED) is 0.0460. The number of allylic oxidation sites excluding steroid dienone is 1. The number of phenolic OH excluding ortho intramolecular Hbond substituents is 1. The number of hydrogen-bond donors (Lipinski definition) is 9. The number of hydrogen-bond acceptors (Lipinski definition) is 20. The molecule has 1 spiro atoms. The molecule has 0 amide bonds. The summed E-state index contributed by atoms with van der Waals surface area (Å²) in [5.41, 5.74) is -1.44. The maximum Gasteiger partial charge on any atom is 0.338 e. The number of aromatic hydroxyl groups is 1. The molecule has 15 unspecified atom stereocenters. The molecule has 2 saturated heterocycles. The van der Waals surface area contributed by atoms with E-state index in [1.807, 2.05) is 0 Å². The zero-order valence-corrected chi connectivity index (χ0v) is 29.7. The summed E-state index contributed by atoms with van der Waals surface area (Å²) in [6.07, 6.45) is -10.8. The molecule has 0 saturated carbocycles. The van der Waals surface area contributed by atoms with Crippen LogP contribution in [0.1, 0.15) is 12.5 Å². The van der Waals surface area contributed by atoms with Crippen molar-refractivity contribution in [2.75, 3.05) is 20.3 Å². The van der Waals surface area contributed by atoms with Crippen LogP contribution in [0.25, 0.3) is 6.08 Å². The summed E-state index contributed by atoms with van der Waals surface area (Å²) >= 11 is 0. The minimum atomic E-state index is -1.80. The molecular weight excluding hydrogens is 752 g/mol. The zero-order chi connectivity index (χ0) is 40.6. The van der Waals surface area contributed by atoms with E-state index in [4.69, 9.17) is 37.9 Å². The molecule has 56 heavy (non-hydrogen) atoms. The monoisotopic (exact) mass is 794 g/mol. The molecule has 1 aliphatic carbocycles. The van der Waals surface area contributed by atoms with E-state index in [-0.39, 0.29) is 22.5 Å². The van der Waals surface area contributed by atoms with Crippen LogP contribution in [-0.4, -0.2) is 164 Å². The Hall–Kier alpha value is -4.45. The fraction of sp³-hybridized carbons (Fsp3) is 0.528. The van der Waals surface area contributed by atoms with Gasteiger partial charge in [0.2, 0.25) is 12.6 Å². The van der Waals surface area contributed by atoms with Crippen LogP contribution in [-0.2, 0) is 47.5 Å². The van der Waals surface area contributed by atoms with Crippen molar-refractivity contribution >= 4 is 24.0 Å². The van der Waals surface area contributed by atoms with Gasteiger partial charge in [0.1, 0.15) is 54.9 Å². The van der Waals surface area contributed by atoms with Crippen molar-refractivity contribution < 1.29 is 98.2 Å². The van der Waals surface area contributed by atoms with E-state index in [0.29, 0.717) is 0 Å². The Bertz CT molecular complexity index is 1770. The lowest BCUT2D eigenvalue weighted by molar-refractivity contribution is -0.344. The van der Waals surface area contributed by atoms with Gasteiger partial charge < -0.3 is 83.9 Å². The summed E-state index contributed by atoms with van der Waals surface area (Å²) in [7, 11) is 1.15. The molecule has 0 aromatic heterocycles. The zero-order valence-electron chi connectivity index (χ0n) is 29.7. The number of fused-ring (bicyclic) bond motifs is 2. The molecule has 6 rings (SSSR count). The lowest BCUT2D eigenvalue weighted by atomic mass is 9.78. The number of phenols is 1. The predicted molar refractivity (Wildman–Crippen MR) is 180 cm³/mol. The second kappa shape index (κ2) is 16.6. The Labute approximate surface area is 317 Å². The van der Waals surface area contributed by atoms with E-state index < -0.39 is 128 Å². The van der Waals surface area contributed by atoms with Gasteiger partial charge in [-0.05, 0) is 42.8 Å². The third kappa shape index (κ3) is 7.78. The van der Waals surface area contributed by atoms with Crippen molar-refractivity contribution in [2.45, 2.75) is 86.3 Å². The molecule has 2 fully saturated rings. The first-order chi connectivity index (χ1) is 26.6. The molecule has 20 heteroatoms. The van der Waals surface area contributed by atoms with Gasteiger partial charge in [-0.3, -0.25) is 0 Å². The SMILES string of the molecule is COC(=O)C1=COC(OC2OC(CO)C(O)C(O)C2O)C2C1C=CC21C=C(C(C)OC(=O)C=Cc2ccc(OC3OC(CO)C(O)C(O)C3O)c(O)c2)C(=O)O1. The first kappa shape index (κ1) is 41.2. The Morgan fingerprint density at radius 3 is 2.18 bits per heavy atom. The Morgan fingerprint density at radius 1 is 0.911 bits per heavy atom. The van der Waals surface area contributed by atoms with E-state index in [1.165, 1.54) is 43.4 Å². The van der Waals surface area contributed by atoms with E-state index in [9.17, 15) is 60.3 Å². The molecule has 9 N–H and O–H groups in total. The lowest BCUT2D eigenvalue weighted by Crippen LogP contribution is -2.60. The number of methoxy groups -OCH3 is 1. The highest BCUT2D eigenvalue weighted by atomic mass is 16.8. The normalized spacial score (nSPS) is 38.3. The van der Waals surface area contributed by atoms with Gasteiger partial charge in [-0.1, -0.05) is 12.1 Å². The molecule has 306 valence electrons. The summed E-state index contributed by atoms with van der Waals surface area (Å²) in [5.74, 6) is -5.12. The standard InChI is InChI=1S/C36H42O20/c1-14(51-23(40)6-4-15-3-5-20(19(39)9-15)52-34-29(45)27(43)25(41)21(11-37)53-34)17-10-36(56-32(17)48)8-7-16-18(31(47)49-2)13-50-33(24(16)36)55-35-30(46)28(44)26(42)22(12-38)54-35/h3-10,13-14,16,21-22,24-30,33-35,37-39,41-46H,11-12H2,1-2H3. The van der Waals surface area contributed by atoms with Crippen molar-refractivity contribution in [1.29, 1.82) is 0 Å². The summed E-state index contributed by atoms with van der Waals surface area (Å²) in [6, 6.07) is 3.89. The molecule has 4 aliphatic heterocycles. The van der Waals surface area contributed by atoms with Gasteiger partial charge in [0.15, 0.2) is 23.4 Å². The molecule has 4 heterocycles. The number of rotatable bonds is 11. The lowest BCUT2D eigenvalue weighted by Gasteiger charge is -2.44. The third-order valence-electron chi connectivity index (χ3n) is 10.1. The van der Waals surface area contributed by atoms with E-state index >= 15 is 0 Å². The van der Waals surface area contributed by atoms with Crippen LogP contribution in [0.5, 0.6) is 11.5 Å². The Kier molecular flexibility index (Phi) is 12.2. The van der Waals surface area contributed by atoms with Crippen LogP contribution in [0, 0.1) is 11.8 Å². The number of aliphatic hydroxyl groups excluding tert-OH is 8. The molecule has 20 nitrogen and oxygen atoms in total. The van der Waals surface area contributed by atoms with Gasteiger partial charge in [-0.2, -0.15) is 0 Å². The summed E-state index contributed by atoms with van der Waals surface area (Å²) in [6.45, 7) is -0.000888. The molecule has 0 bridgehead atoms. The predicted octanol–water partition coefficient (Wildman–Crippen LogP) is -3.23. The minimum absolute atomic E-state index is 0.0290. The highest BCUT2D eigenvalue weighted by Gasteiger charge is 2.60. The highest BCUT2D eigenvalue weighted by Crippen LogP contribution is 2.51. The first-order valence-corrected chi connectivity index (χ1v) is 17.4. The summed E-state index contributed by atoms with van der Waals surface area (Å²) in [4.78, 5) is 38.9. The Morgan fingerprint density at radius 2 is 1.55 bits per heavy atom. The largest absolute Gasteiger partial charge is 0.504 e. The topological polar surface area (TPSA) is 307 Å². The van der Waals surface area contributed by atoms with Crippen molar-refractivity contribution in [3.8, 4) is 11.5 Å². The number of aliphatic hydroxyl groups is 8. The molecule has 1 aromatic rings. The highest BCUT2D eigenvalue weighted by molar-refractivity contribution is 5.95. The van der Waals surface area contributed by atoms with E-state index in [0.717, 1.165) is 19.4 Å². The van der Waals surface area contributed by atoms with E-state index in [1.54, 1.807) is 6.08 Å². The first-order valence-electron chi connectivity index (χ1n) is 17.4. The summed E-state index contributed by atoms with van der Waals surface area (Å²) in [5, 5.41) is 90.7. The van der Waals surface area contributed by atoms with Gasteiger partial charge in [0.25, 0.3) is 0 Å².